The van der Waals surface area contributed by atoms with Crippen LogP contribution in [0.1, 0.15) is 64.7 Å². The summed E-state index contributed by atoms with van der Waals surface area (Å²) in [7, 11) is 0. The molecule has 2 aromatic carbocycles. The zero-order valence-electron chi connectivity index (χ0n) is 20.3. The second-order valence-electron chi connectivity index (χ2n) is 8.70. The summed E-state index contributed by atoms with van der Waals surface area (Å²) >= 11 is 0. The number of carbonyl (C=O) groups excluding carboxylic acids is 1. The minimum absolute atomic E-state index is 0.0289. The number of ether oxygens (including phenoxy) is 2. The fraction of sp³-hybridized carbons (Fsp3) is 0.429. The zero-order chi connectivity index (χ0) is 24.9. The van der Waals surface area contributed by atoms with Gasteiger partial charge in [-0.3, -0.25) is 4.79 Å². The van der Waals surface area contributed by atoms with E-state index in [1.165, 1.54) is 12.0 Å². The number of carboxylic acids is 1. The van der Waals surface area contributed by atoms with E-state index in [0.29, 0.717) is 18.8 Å². The Hall–Kier alpha value is -3.12. The minimum Gasteiger partial charge on any atom is -0.488 e. The van der Waals surface area contributed by atoms with Gasteiger partial charge in [0.1, 0.15) is 12.4 Å². The first-order valence-electron chi connectivity index (χ1n) is 11.8. The van der Waals surface area contributed by atoms with E-state index in [2.05, 4.69) is 30.8 Å². The predicted molar refractivity (Wildman–Crippen MR) is 134 cm³/mol. The Morgan fingerprint density at radius 2 is 1.88 bits per heavy atom. The lowest BCUT2D eigenvalue weighted by Gasteiger charge is -2.18. The number of carboxylic acid groups (broad SMARTS) is 1. The van der Waals surface area contributed by atoms with Crippen LogP contribution in [-0.4, -0.2) is 30.2 Å². The molecule has 34 heavy (non-hydrogen) atoms. The summed E-state index contributed by atoms with van der Waals surface area (Å²) < 4.78 is 11.0. The molecule has 1 heterocycles. The van der Waals surface area contributed by atoms with Crippen LogP contribution in [0, 0.1) is 19.8 Å². The first-order chi connectivity index (χ1) is 16.3. The molecule has 0 spiro atoms. The van der Waals surface area contributed by atoms with Crippen molar-refractivity contribution in [2.45, 2.75) is 59.0 Å². The SMILES string of the molecule is C=CCCCCc1cccc(COc2c(C)cc(C(=O)O)cc2C)c1.NC(=O)C1CCCOC1. The molecule has 0 bridgehead atoms. The Balaban J connectivity index is 0.000000379. The molecule has 0 aromatic heterocycles. The van der Waals surface area contributed by atoms with Crippen molar-refractivity contribution >= 4 is 11.9 Å². The van der Waals surface area contributed by atoms with Gasteiger partial charge >= 0.3 is 5.97 Å². The maximum absolute atomic E-state index is 11.1. The molecule has 1 amide bonds. The van der Waals surface area contributed by atoms with Crippen LogP contribution in [0.25, 0.3) is 0 Å². The van der Waals surface area contributed by atoms with Gasteiger partial charge in [-0.15, -0.1) is 6.58 Å². The summed E-state index contributed by atoms with van der Waals surface area (Å²) in [6.07, 6.45) is 8.28. The summed E-state index contributed by atoms with van der Waals surface area (Å²) in [4.78, 5) is 21.6. The lowest BCUT2D eigenvalue weighted by molar-refractivity contribution is -0.125. The largest absolute Gasteiger partial charge is 0.488 e. The van der Waals surface area contributed by atoms with Crippen molar-refractivity contribution in [3.8, 4) is 5.75 Å². The predicted octanol–water partition coefficient (Wildman–Crippen LogP) is 5.38. The van der Waals surface area contributed by atoms with Gasteiger partial charge in [-0.1, -0.05) is 30.3 Å². The second-order valence-corrected chi connectivity index (χ2v) is 8.70. The minimum atomic E-state index is -0.915. The Morgan fingerprint density at radius 3 is 2.44 bits per heavy atom. The number of nitrogens with two attached hydrogens (primary N) is 1. The number of aromatic carboxylic acids is 1. The van der Waals surface area contributed by atoms with Gasteiger partial charge in [0.2, 0.25) is 5.91 Å². The van der Waals surface area contributed by atoms with E-state index < -0.39 is 5.97 Å². The molecule has 1 aliphatic heterocycles. The lowest BCUT2D eigenvalue weighted by Crippen LogP contribution is -2.30. The summed E-state index contributed by atoms with van der Waals surface area (Å²) in [5.74, 6) is -0.406. The first-order valence-corrected chi connectivity index (χ1v) is 11.8. The molecule has 1 aliphatic rings. The van der Waals surface area contributed by atoms with Crippen LogP contribution in [0.15, 0.2) is 49.1 Å². The molecule has 3 N–H and O–H groups in total. The van der Waals surface area contributed by atoms with Crippen molar-refractivity contribution in [2.75, 3.05) is 13.2 Å². The summed E-state index contributed by atoms with van der Waals surface area (Å²) in [6, 6.07) is 11.8. The Bertz CT molecular complexity index is 940. The third kappa shape index (κ3) is 9.02. The van der Waals surface area contributed by atoms with E-state index in [0.717, 1.165) is 61.2 Å². The highest BCUT2D eigenvalue weighted by Gasteiger charge is 2.18. The smallest absolute Gasteiger partial charge is 0.335 e. The molecule has 1 fully saturated rings. The van der Waals surface area contributed by atoms with Gasteiger partial charge in [-0.05, 0) is 86.8 Å². The highest BCUT2D eigenvalue weighted by atomic mass is 16.5. The highest BCUT2D eigenvalue weighted by Crippen LogP contribution is 2.26. The van der Waals surface area contributed by atoms with Gasteiger partial charge in [0.05, 0.1) is 18.1 Å². The number of rotatable bonds is 10. The molecule has 1 saturated heterocycles. The van der Waals surface area contributed by atoms with Crippen molar-refractivity contribution in [1.82, 2.24) is 0 Å². The van der Waals surface area contributed by atoms with Crippen molar-refractivity contribution in [3.63, 3.8) is 0 Å². The number of allylic oxidation sites excluding steroid dienone is 1. The third-order valence-electron chi connectivity index (χ3n) is 5.77. The van der Waals surface area contributed by atoms with Crippen molar-refractivity contribution in [1.29, 1.82) is 0 Å². The number of hydrogen-bond donors (Lipinski definition) is 2. The van der Waals surface area contributed by atoms with Gasteiger partial charge in [0, 0.05) is 6.61 Å². The molecule has 3 rings (SSSR count). The normalized spacial score (nSPS) is 15.1. The van der Waals surface area contributed by atoms with Crippen molar-refractivity contribution in [3.05, 3.63) is 76.9 Å². The molecule has 6 nitrogen and oxygen atoms in total. The van der Waals surface area contributed by atoms with E-state index >= 15 is 0 Å². The van der Waals surface area contributed by atoms with Crippen LogP contribution in [0.4, 0.5) is 0 Å². The first kappa shape index (κ1) is 27.1. The quantitative estimate of drug-likeness (QED) is 0.361. The monoisotopic (exact) mass is 467 g/mol. The van der Waals surface area contributed by atoms with Gasteiger partial charge in [-0.25, -0.2) is 4.79 Å². The lowest BCUT2D eigenvalue weighted by atomic mass is 10.0. The molecule has 6 heteroatoms. The van der Waals surface area contributed by atoms with Gasteiger partial charge in [-0.2, -0.15) is 0 Å². The number of unbranched alkanes of at least 4 members (excludes halogenated alkanes) is 2. The fourth-order valence-electron chi connectivity index (χ4n) is 3.91. The Kier molecular flexibility index (Phi) is 11.3. The van der Waals surface area contributed by atoms with Gasteiger partial charge in [0.25, 0.3) is 0 Å². The van der Waals surface area contributed by atoms with Gasteiger partial charge < -0.3 is 20.3 Å². The third-order valence-corrected chi connectivity index (χ3v) is 5.77. The summed E-state index contributed by atoms with van der Waals surface area (Å²) in [5, 5.41) is 9.12. The maximum Gasteiger partial charge on any atom is 0.335 e. The number of hydrogen-bond acceptors (Lipinski definition) is 4. The second kappa shape index (κ2) is 14.2. The summed E-state index contributed by atoms with van der Waals surface area (Å²) in [6.45, 7) is 9.30. The molecule has 0 radical (unpaired) electrons. The number of benzene rings is 2. The number of carbonyl (C=O) groups is 2. The topological polar surface area (TPSA) is 98.9 Å². The Morgan fingerprint density at radius 1 is 1.18 bits per heavy atom. The molecule has 1 atom stereocenters. The molecule has 184 valence electrons. The van der Waals surface area contributed by atoms with Crippen LogP contribution in [-0.2, 0) is 22.6 Å². The van der Waals surface area contributed by atoms with Gasteiger partial charge in [0.15, 0.2) is 0 Å². The van der Waals surface area contributed by atoms with Crippen LogP contribution in [0.3, 0.4) is 0 Å². The number of aryl methyl sites for hydroxylation is 3. The van der Waals surface area contributed by atoms with E-state index in [1.54, 1.807) is 12.1 Å². The molecular weight excluding hydrogens is 430 g/mol. The standard InChI is InChI=1S/C22H26O3.C6H11NO2/c1-4-5-6-7-9-18-10-8-11-19(14-18)15-25-21-16(2)12-20(22(23)24)13-17(21)3;7-6(8)5-2-1-3-9-4-5/h4,8,10-14H,1,5-7,9,15H2,2-3H3,(H,23,24);5H,1-4H2,(H2,7,8). The van der Waals surface area contributed by atoms with E-state index in [-0.39, 0.29) is 11.8 Å². The number of amides is 1. The van der Waals surface area contributed by atoms with E-state index in [4.69, 9.17) is 20.3 Å². The molecule has 1 unspecified atom stereocenters. The highest BCUT2D eigenvalue weighted by molar-refractivity contribution is 5.88. The summed E-state index contributed by atoms with van der Waals surface area (Å²) in [5.41, 5.74) is 9.48. The molecular formula is C28H37NO5. The van der Waals surface area contributed by atoms with E-state index in [1.807, 2.05) is 19.9 Å². The van der Waals surface area contributed by atoms with Crippen LogP contribution in [0.2, 0.25) is 0 Å². The number of primary amides is 1. The maximum atomic E-state index is 11.1. The average molecular weight is 468 g/mol. The van der Waals surface area contributed by atoms with E-state index in [9.17, 15) is 9.59 Å². The molecule has 2 aromatic rings. The van der Waals surface area contributed by atoms with Crippen molar-refractivity contribution < 1.29 is 24.2 Å². The molecule has 0 aliphatic carbocycles. The van der Waals surface area contributed by atoms with Crippen LogP contribution < -0.4 is 10.5 Å². The van der Waals surface area contributed by atoms with Crippen molar-refractivity contribution in [2.24, 2.45) is 11.7 Å². The van der Waals surface area contributed by atoms with Crippen LogP contribution in [0.5, 0.6) is 5.75 Å². The fourth-order valence-corrected chi connectivity index (χ4v) is 3.91. The zero-order valence-corrected chi connectivity index (χ0v) is 20.3. The average Bonchev–Trinajstić information content (AvgIpc) is 2.82. The van der Waals surface area contributed by atoms with Crippen LogP contribution >= 0.6 is 0 Å². The molecule has 0 saturated carbocycles. The Labute approximate surface area is 202 Å².